The summed E-state index contributed by atoms with van der Waals surface area (Å²) in [5.74, 6) is -0.920. The quantitative estimate of drug-likeness (QED) is 0.105. The van der Waals surface area contributed by atoms with Crippen molar-refractivity contribution in [1.82, 2.24) is 19.7 Å². The molecule has 2 heterocycles. The van der Waals surface area contributed by atoms with Crippen molar-refractivity contribution in [3.63, 3.8) is 0 Å². The van der Waals surface area contributed by atoms with Crippen molar-refractivity contribution >= 4 is 57.0 Å². The van der Waals surface area contributed by atoms with Gasteiger partial charge in [0.05, 0.1) is 23.9 Å². The summed E-state index contributed by atoms with van der Waals surface area (Å²) in [7, 11) is 0. The third kappa shape index (κ3) is 5.82. The SMILES string of the molecule is C[S+]([O-])c1nnc([N+]2([O-])CN(CCl)CC2OC(=O)CSc2ccc(C(F)(F)F)cc2)s1. The molecular weight excluding hydrogens is 501 g/mol. The van der Waals surface area contributed by atoms with Gasteiger partial charge < -0.3 is 14.5 Å². The minimum absolute atomic E-state index is 0.00832. The van der Waals surface area contributed by atoms with Crippen molar-refractivity contribution in [2.24, 2.45) is 0 Å². The number of alkyl halides is 4. The maximum atomic E-state index is 13.4. The molecule has 2 aromatic rings. The summed E-state index contributed by atoms with van der Waals surface area (Å²) >= 11 is 6.28. The van der Waals surface area contributed by atoms with Gasteiger partial charge in [-0.3, -0.25) is 9.44 Å². The Morgan fingerprint density at radius 3 is 2.65 bits per heavy atom. The minimum Gasteiger partial charge on any atom is -0.622 e. The lowest BCUT2D eigenvalue weighted by atomic mass is 10.2. The lowest BCUT2D eigenvalue weighted by Gasteiger charge is -2.38. The average Bonchev–Trinajstić information content (AvgIpc) is 3.32. The number of carbonyl (C=O) groups is 1. The molecule has 1 saturated heterocycles. The summed E-state index contributed by atoms with van der Waals surface area (Å²) in [6.07, 6.45) is -4.20. The maximum absolute atomic E-state index is 13.4. The number of carbonyl (C=O) groups excluding carboxylic acids is 1. The molecule has 3 atom stereocenters. The van der Waals surface area contributed by atoms with Gasteiger partial charge in [-0.25, -0.2) is 4.90 Å². The largest absolute Gasteiger partial charge is 0.622 e. The Kier molecular flexibility index (Phi) is 7.74. The third-order valence-corrected chi connectivity index (χ3v) is 7.91. The van der Waals surface area contributed by atoms with Gasteiger partial charge in [0.25, 0.3) is 6.23 Å². The molecule has 0 N–H and O–H groups in total. The predicted molar refractivity (Wildman–Crippen MR) is 112 cm³/mol. The highest BCUT2D eigenvalue weighted by molar-refractivity contribution is 8.00. The number of thioether (sulfide) groups is 1. The molecule has 0 saturated carbocycles. The molecule has 1 aliphatic heterocycles. The molecule has 0 radical (unpaired) electrons. The van der Waals surface area contributed by atoms with Crippen molar-refractivity contribution in [1.29, 1.82) is 0 Å². The van der Waals surface area contributed by atoms with Crippen LogP contribution in [-0.4, -0.2) is 63.1 Å². The first-order chi connectivity index (χ1) is 14.5. The van der Waals surface area contributed by atoms with E-state index >= 15 is 0 Å². The van der Waals surface area contributed by atoms with Crippen molar-refractivity contribution in [2.75, 3.05) is 31.2 Å². The predicted octanol–water partition coefficient (Wildman–Crippen LogP) is 3.23. The van der Waals surface area contributed by atoms with E-state index in [-0.39, 0.29) is 34.4 Å². The van der Waals surface area contributed by atoms with Crippen LogP contribution in [0.2, 0.25) is 0 Å². The first-order valence-electron chi connectivity index (χ1n) is 8.57. The summed E-state index contributed by atoms with van der Waals surface area (Å²) in [5.41, 5.74) is -0.788. The second-order valence-corrected chi connectivity index (χ2v) is 10.3. The standard InChI is InChI=1S/C16H16ClF3N4O4S3/c1-31(27)15-22-21-14(30-15)24(26)9-23(8-17)6-12(24)28-13(25)7-29-11-4-2-10(3-5-11)16(18,19)20/h2-5,12H,6-9H2,1H3. The Labute approximate surface area is 191 Å². The Bertz CT molecular complexity index is 918. The fraction of sp³-hybridized carbons (Fsp3) is 0.438. The number of nitrogens with zero attached hydrogens (tertiary/aromatic N) is 4. The molecule has 0 bridgehead atoms. The molecule has 3 rings (SSSR count). The summed E-state index contributed by atoms with van der Waals surface area (Å²) in [6, 6.07) is 4.39. The van der Waals surface area contributed by atoms with Gasteiger partial charge in [0.15, 0.2) is 0 Å². The second kappa shape index (κ2) is 9.79. The van der Waals surface area contributed by atoms with Crippen LogP contribution in [0.25, 0.3) is 0 Å². The van der Waals surface area contributed by atoms with Gasteiger partial charge in [-0.05, 0) is 24.3 Å². The summed E-state index contributed by atoms with van der Waals surface area (Å²) in [6.45, 7) is -0.0632. The van der Waals surface area contributed by atoms with Gasteiger partial charge in [0, 0.05) is 27.4 Å². The number of ether oxygens (including phenoxy) is 1. The van der Waals surface area contributed by atoms with Crippen molar-refractivity contribution in [3.05, 3.63) is 35.0 Å². The molecule has 31 heavy (non-hydrogen) atoms. The first kappa shape index (κ1) is 24.5. The molecule has 1 aliphatic rings. The van der Waals surface area contributed by atoms with E-state index in [1.165, 1.54) is 18.4 Å². The van der Waals surface area contributed by atoms with E-state index in [1.54, 1.807) is 4.90 Å². The monoisotopic (exact) mass is 516 g/mol. The van der Waals surface area contributed by atoms with Crippen LogP contribution in [0.15, 0.2) is 33.5 Å². The first-order valence-corrected chi connectivity index (χ1v) is 12.5. The van der Waals surface area contributed by atoms with Crippen LogP contribution in [0.4, 0.5) is 18.3 Å². The fourth-order valence-electron chi connectivity index (χ4n) is 2.73. The molecule has 15 heteroatoms. The van der Waals surface area contributed by atoms with Crippen LogP contribution in [0.3, 0.4) is 0 Å². The average molecular weight is 517 g/mol. The van der Waals surface area contributed by atoms with Crippen LogP contribution in [0.1, 0.15) is 5.56 Å². The smallest absolute Gasteiger partial charge is 0.416 e. The number of esters is 1. The van der Waals surface area contributed by atoms with E-state index in [0.29, 0.717) is 4.90 Å². The third-order valence-electron chi connectivity index (χ3n) is 4.23. The molecular formula is C16H16ClF3N4O4S3. The summed E-state index contributed by atoms with van der Waals surface area (Å²) in [5, 5.41) is 21.0. The Balaban J connectivity index is 1.65. The Morgan fingerprint density at radius 2 is 2.10 bits per heavy atom. The second-order valence-electron chi connectivity index (χ2n) is 6.47. The van der Waals surface area contributed by atoms with Gasteiger partial charge in [-0.1, -0.05) is 10.2 Å². The Morgan fingerprint density at radius 1 is 1.42 bits per heavy atom. The lowest BCUT2D eigenvalue weighted by Crippen LogP contribution is -2.51. The fourth-order valence-corrected chi connectivity index (χ4v) is 5.08. The van der Waals surface area contributed by atoms with E-state index in [9.17, 15) is 27.7 Å². The lowest BCUT2D eigenvalue weighted by molar-refractivity contribution is -0.150. The number of hydrogen-bond donors (Lipinski definition) is 0. The van der Waals surface area contributed by atoms with Crippen LogP contribution < -0.4 is 4.65 Å². The number of aromatic nitrogens is 2. The van der Waals surface area contributed by atoms with Crippen molar-refractivity contribution in [2.45, 2.75) is 21.6 Å². The molecule has 0 spiro atoms. The van der Waals surface area contributed by atoms with E-state index < -0.39 is 39.8 Å². The molecule has 1 aromatic heterocycles. The summed E-state index contributed by atoms with van der Waals surface area (Å²) < 4.78 is 53.9. The number of halogens is 4. The maximum Gasteiger partial charge on any atom is 0.416 e. The topological polar surface area (TPSA) is 101 Å². The van der Waals surface area contributed by atoms with E-state index in [4.69, 9.17) is 16.3 Å². The van der Waals surface area contributed by atoms with Crippen molar-refractivity contribution in [3.8, 4) is 0 Å². The highest BCUT2D eigenvalue weighted by atomic mass is 35.5. The Hall–Kier alpha value is -1.13. The van der Waals surface area contributed by atoms with E-state index in [2.05, 4.69) is 10.2 Å². The zero-order valence-corrected chi connectivity index (χ0v) is 19.1. The highest BCUT2D eigenvalue weighted by Crippen LogP contribution is 2.36. The van der Waals surface area contributed by atoms with E-state index in [0.717, 1.165) is 35.2 Å². The zero-order chi connectivity index (χ0) is 22.8. The van der Waals surface area contributed by atoms with Crippen molar-refractivity contribution < 1.29 is 27.3 Å². The van der Waals surface area contributed by atoms with Crippen LogP contribution >= 0.6 is 34.7 Å². The van der Waals surface area contributed by atoms with Gasteiger partial charge in [0.1, 0.15) is 12.9 Å². The van der Waals surface area contributed by atoms with E-state index in [1.807, 2.05) is 0 Å². The number of hydroxylamine groups is 2. The molecule has 170 valence electrons. The molecule has 3 unspecified atom stereocenters. The van der Waals surface area contributed by atoms with Gasteiger partial charge in [-0.15, -0.1) is 23.4 Å². The van der Waals surface area contributed by atoms with Crippen LogP contribution in [0.5, 0.6) is 0 Å². The molecule has 0 aliphatic carbocycles. The summed E-state index contributed by atoms with van der Waals surface area (Å²) in [4.78, 5) is 14.3. The number of hydrogen-bond acceptors (Lipinski definition) is 9. The highest BCUT2D eigenvalue weighted by Gasteiger charge is 2.46. The van der Waals surface area contributed by atoms with Gasteiger partial charge >= 0.3 is 21.6 Å². The molecule has 0 amide bonds. The molecule has 8 nitrogen and oxygen atoms in total. The number of quaternary nitrogens is 1. The number of rotatable bonds is 7. The van der Waals surface area contributed by atoms with Crippen LogP contribution in [0, 0.1) is 5.21 Å². The van der Waals surface area contributed by atoms with Crippen LogP contribution in [-0.2, 0) is 26.9 Å². The number of benzene rings is 1. The molecule has 1 aromatic carbocycles. The normalized spacial score (nSPS) is 23.1. The minimum atomic E-state index is -4.44. The van der Waals surface area contributed by atoms with Gasteiger partial charge in [0.2, 0.25) is 0 Å². The zero-order valence-electron chi connectivity index (χ0n) is 15.9. The van der Waals surface area contributed by atoms with Gasteiger partial charge in [-0.2, -0.15) is 13.2 Å². The molecule has 1 fully saturated rings.